The zero-order valence-electron chi connectivity index (χ0n) is 11.8. The molecule has 1 aromatic carbocycles. The van der Waals surface area contributed by atoms with Gasteiger partial charge in [0.2, 0.25) is 5.91 Å². The first-order valence-electron chi connectivity index (χ1n) is 6.62. The number of hydrogen-bond acceptors (Lipinski definition) is 4. The van der Waals surface area contributed by atoms with E-state index in [9.17, 15) is 4.79 Å². The Kier molecular flexibility index (Phi) is 4.70. The number of carbonyl (C=O) groups excluding carboxylic acids is 1. The number of carbonyl (C=O) groups is 1. The maximum Gasteiger partial charge on any atom is 0.241 e. The summed E-state index contributed by atoms with van der Waals surface area (Å²) in [7, 11) is 1.63. The number of rotatable bonds is 6. The number of nitrogens with one attached hydrogen (secondary N) is 2. The molecule has 0 saturated carbocycles. The van der Waals surface area contributed by atoms with Gasteiger partial charge in [-0.05, 0) is 38.0 Å². The Morgan fingerprint density at radius 3 is 3.10 bits per heavy atom. The smallest absolute Gasteiger partial charge is 0.241 e. The SMILES string of the molecule is COCCCC(N)C(=O)Nc1ccc2nc(C)[nH]c2c1. The van der Waals surface area contributed by atoms with Gasteiger partial charge in [-0.2, -0.15) is 0 Å². The molecular formula is C14H20N4O2. The van der Waals surface area contributed by atoms with Crippen molar-refractivity contribution < 1.29 is 9.53 Å². The van der Waals surface area contributed by atoms with Crippen molar-refractivity contribution in [2.75, 3.05) is 19.0 Å². The summed E-state index contributed by atoms with van der Waals surface area (Å²) >= 11 is 0. The van der Waals surface area contributed by atoms with Gasteiger partial charge in [0.25, 0.3) is 0 Å². The van der Waals surface area contributed by atoms with E-state index < -0.39 is 6.04 Å². The second kappa shape index (κ2) is 6.49. The summed E-state index contributed by atoms with van der Waals surface area (Å²) in [4.78, 5) is 19.4. The second-order valence-electron chi connectivity index (χ2n) is 4.78. The summed E-state index contributed by atoms with van der Waals surface area (Å²) in [5.41, 5.74) is 8.33. The Hall–Kier alpha value is -1.92. The fraction of sp³-hybridized carbons (Fsp3) is 0.429. The van der Waals surface area contributed by atoms with Gasteiger partial charge in [0.05, 0.1) is 17.1 Å². The van der Waals surface area contributed by atoms with Crippen LogP contribution >= 0.6 is 0 Å². The molecule has 1 heterocycles. The highest BCUT2D eigenvalue weighted by Crippen LogP contribution is 2.17. The lowest BCUT2D eigenvalue weighted by Crippen LogP contribution is -2.35. The molecule has 1 aromatic heterocycles. The van der Waals surface area contributed by atoms with Crippen LogP contribution < -0.4 is 11.1 Å². The van der Waals surface area contributed by atoms with Crippen molar-refractivity contribution in [3.05, 3.63) is 24.0 Å². The van der Waals surface area contributed by atoms with E-state index in [1.54, 1.807) is 7.11 Å². The second-order valence-corrected chi connectivity index (χ2v) is 4.78. The average Bonchev–Trinajstić information content (AvgIpc) is 2.78. The number of ether oxygens (including phenoxy) is 1. The van der Waals surface area contributed by atoms with Crippen LogP contribution in [0.5, 0.6) is 0 Å². The van der Waals surface area contributed by atoms with Crippen molar-refractivity contribution in [3.8, 4) is 0 Å². The largest absolute Gasteiger partial charge is 0.385 e. The predicted molar refractivity (Wildman–Crippen MR) is 78.5 cm³/mol. The first kappa shape index (κ1) is 14.5. The summed E-state index contributed by atoms with van der Waals surface area (Å²) in [5.74, 6) is 0.663. The highest BCUT2D eigenvalue weighted by molar-refractivity contribution is 5.96. The fourth-order valence-electron chi connectivity index (χ4n) is 2.03. The summed E-state index contributed by atoms with van der Waals surface area (Å²) in [6.07, 6.45) is 1.37. The molecule has 6 heteroatoms. The number of hydrogen-bond donors (Lipinski definition) is 3. The van der Waals surface area contributed by atoms with Crippen LogP contribution in [0, 0.1) is 6.92 Å². The van der Waals surface area contributed by atoms with Crippen LogP contribution in [0.15, 0.2) is 18.2 Å². The van der Waals surface area contributed by atoms with Crippen LogP contribution in [0.4, 0.5) is 5.69 Å². The van der Waals surface area contributed by atoms with Crippen LogP contribution in [0.3, 0.4) is 0 Å². The lowest BCUT2D eigenvalue weighted by Gasteiger charge is -2.12. The van der Waals surface area contributed by atoms with E-state index in [2.05, 4.69) is 15.3 Å². The molecule has 0 aliphatic heterocycles. The number of nitrogens with two attached hydrogens (primary N) is 1. The van der Waals surface area contributed by atoms with Crippen LogP contribution in [-0.4, -0.2) is 35.6 Å². The van der Waals surface area contributed by atoms with Gasteiger partial charge in [-0.25, -0.2) is 4.98 Å². The molecular weight excluding hydrogens is 256 g/mol. The van der Waals surface area contributed by atoms with Crippen LogP contribution in [0.2, 0.25) is 0 Å². The molecule has 4 N–H and O–H groups in total. The van der Waals surface area contributed by atoms with Crippen LogP contribution in [0.1, 0.15) is 18.7 Å². The van der Waals surface area contributed by atoms with Crippen LogP contribution in [0.25, 0.3) is 11.0 Å². The summed E-state index contributed by atoms with van der Waals surface area (Å²) in [6, 6.07) is 5.02. The number of aromatic nitrogens is 2. The molecule has 0 aliphatic rings. The topological polar surface area (TPSA) is 93.0 Å². The fourth-order valence-corrected chi connectivity index (χ4v) is 2.03. The van der Waals surface area contributed by atoms with Crippen molar-refractivity contribution in [1.29, 1.82) is 0 Å². The maximum atomic E-state index is 11.9. The third-order valence-corrected chi connectivity index (χ3v) is 3.07. The molecule has 1 unspecified atom stereocenters. The van der Waals surface area contributed by atoms with Crippen molar-refractivity contribution in [1.82, 2.24) is 9.97 Å². The molecule has 2 aromatic rings. The van der Waals surface area contributed by atoms with Crippen molar-refractivity contribution in [2.45, 2.75) is 25.8 Å². The molecule has 20 heavy (non-hydrogen) atoms. The zero-order chi connectivity index (χ0) is 14.5. The summed E-state index contributed by atoms with van der Waals surface area (Å²) < 4.78 is 4.94. The van der Waals surface area contributed by atoms with Gasteiger partial charge in [-0.1, -0.05) is 0 Å². The van der Waals surface area contributed by atoms with Gasteiger partial charge in [0, 0.05) is 19.4 Å². The number of aromatic amines is 1. The average molecular weight is 276 g/mol. The summed E-state index contributed by atoms with van der Waals surface area (Å²) in [5, 5.41) is 2.82. The molecule has 0 fully saturated rings. The molecule has 0 aliphatic carbocycles. The number of methoxy groups -OCH3 is 1. The highest BCUT2D eigenvalue weighted by Gasteiger charge is 2.13. The number of amides is 1. The van der Waals surface area contributed by atoms with E-state index in [1.165, 1.54) is 0 Å². The molecule has 6 nitrogen and oxygen atoms in total. The Morgan fingerprint density at radius 2 is 2.35 bits per heavy atom. The van der Waals surface area contributed by atoms with E-state index in [0.717, 1.165) is 23.3 Å². The van der Waals surface area contributed by atoms with Gasteiger partial charge in [-0.3, -0.25) is 4.79 Å². The van der Waals surface area contributed by atoms with E-state index >= 15 is 0 Å². The van der Waals surface area contributed by atoms with Gasteiger partial charge in [0.1, 0.15) is 5.82 Å². The number of anilines is 1. The summed E-state index contributed by atoms with van der Waals surface area (Å²) in [6.45, 7) is 2.50. The highest BCUT2D eigenvalue weighted by atomic mass is 16.5. The maximum absolute atomic E-state index is 11.9. The Bertz CT molecular complexity index is 594. The number of imidazole rings is 1. The monoisotopic (exact) mass is 276 g/mol. The quantitative estimate of drug-likeness (QED) is 0.698. The van der Waals surface area contributed by atoms with Crippen molar-refractivity contribution >= 4 is 22.6 Å². The van der Waals surface area contributed by atoms with E-state index in [-0.39, 0.29) is 5.91 Å². The number of aryl methyl sites for hydroxylation is 1. The molecule has 0 bridgehead atoms. The Labute approximate surface area is 117 Å². The molecule has 108 valence electrons. The minimum Gasteiger partial charge on any atom is -0.385 e. The van der Waals surface area contributed by atoms with E-state index in [4.69, 9.17) is 10.5 Å². The predicted octanol–water partition coefficient (Wildman–Crippen LogP) is 1.56. The van der Waals surface area contributed by atoms with Gasteiger partial charge in [0.15, 0.2) is 0 Å². The van der Waals surface area contributed by atoms with Gasteiger partial charge >= 0.3 is 0 Å². The molecule has 0 radical (unpaired) electrons. The third kappa shape index (κ3) is 3.55. The number of fused-ring (bicyclic) bond motifs is 1. The minimum atomic E-state index is -0.524. The van der Waals surface area contributed by atoms with E-state index in [0.29, 0.717) is 18.7 Å². The van der Waals surface area contributed by atoms with Crippen molar-refractivity contribution in [3.63, 3.8) is 0 Å². The Morgan fingerprint density at radius 1 is 1.55 bits per heavy atom. The molecule has 1 atom stereocenters. The van der Waals surface area contributed by atoms with E-state index in [1.807, 2.05) is 25.1 Å². The Balaban J connectivity index is 1.98. The van der Waals surface area contributed by atoms with Gasteiger partial charge < -0.3 is 20.8 Å². The molecule has 1 amide bonds. The van der Waals surface area contributed by atoms with Crippen molar-refractivity contribution in [2.24, 2.45) is 5.73 Å². The normalized spacial score (nSPS) is 12.6. The lowest BCUT2D eigenvalue weighted by atomic mass is 10.1. The zero-order valence-corrected chi connectivity index (χ0v) is 11.8. The molecule has 0 saturated heterocycles. The third-order valence-electron chi connectivity index (χ3n) is 3.07. The number of H-pyrrole nitrogens is 1. The molecule has 0 spiro atoms. The van der Waals surface area contributed by atoms with Gasteiger partial charge in [-0.15, -0.1) is 0 Å². The van der Waals surface area contributed by atoms with Crippen LogP contribution in [-0.2, 0) is 9.53 Å². The lowest BCUT2D eigenvalue weighted by molar-refractivity contribution is -0.117. The minimum absolute atomic E-state index is 0.184. The number of nitrogens with zero attached hydrogens (tertiary/aromatic N) is 1. The standard InChI is InChI=1S/C14H20N4O2/c1-9-16-12-6-5-10(8-13(12)17-9)18-14(19)11(15)4-3-7-20-2/h5-6,8,11H,3-4,7,15H2,1-2H3,(H,16,17)(H,18,19). The first-order chi connectivity index (χ1) is 9.60. The number of benzene rings is 1. The first-order valence-corrected chi connectivity index (χ1v) is 6.62. The molecule has 2 rings (SSSR count).